The zero-order valence-electron chi connectivity index (χ0n) is 8.11. The molecule has 0 saturated carbocycles. The molecule has 4 heteroatoms. The van der Waals surface area contributed by atoms with Gasteiger partial charge in [0.15, 0.2) is 5.69 Å². The van der Waals surface area contributed by atoms with Gasteiger partial charge in [0.05, 0.1) is 5.52 Å². The van der Waals surface area contributed by atoms with E-state index in [1.54, 1.807) is 7.05 Å². The second-order valence-electron chi connectivity index (χ2n) is 3.04. The van der Waals surface area contributed by atoms with Crippen LogP contribution < -0.4 is 5.32 Å². The summed E-state index contributed by atoms with van der Waals surface area (Å²) in [5.74, 6) is 0.668. The lowest BCUT2D eigenvalue weighted by Gasteiger charge is -1.96. The molecule has 0 radical (unpaired) electrons. The molecule has 0 aliphatic carbocycles. The lowest BCUT2D eigenvalue weighted by atomic mass is 10.3. The number of nitrogens with one attached hydrogen (secondary N) is 1. The van der Waals surface area contributed by atoms with E-state index >= 15 is 0 Å². The molecule has 0 saturated heterocycles. The Balaban J connectivity index is 2.72. The van der Waals surface area contributed by atoms with Gasteiger partial charge >= 0.3 is 0 Å². The van der Waals surface area contributed by atoms with Crippen molar-refractivity contribution in [1.29, 1.82) is 0 Å². The second-order valence-corrected chi connectivity index (χ2v) is 3.04. The molecule has 1 N–H and O–H groups in total. The highest BCUT2D eigenvalue weighted by atomic mass is 16.1. The molecular weight excluding hydrogens is 178 g/mol. The van der Waals surface area contributed by atoms with E-state index in [9.17, 15) is 4.79 Å². The van der Waals surface area contributed by atoms with Crippen LogP contribution in [0.4, 0.5) is 0 Å². The highest BCUT2D eigenvalue weighted by Crippen LogP contribution is 2.11. The van der Waals surface area contributed by atoms with Gasteiger partial charge < -0.3 is 9.72 Å². The minimum absolute atomic E-state index is 0.151. The molecule has 2 aromatic rings. The van der Waals surface area contributed by atoms with E-state index < -0.39 is 0 Å². The average molecular weight is 189 g/mol. The van der Waals surface area contributed by atoms with E-state index in [0.717, 1.165) is 11.3 Å². The molecular formula is C10H11N3O. The van der Waals surface area contributed by atoms with Crippen molar-refractivity contribution in [3.05, 3.63) is 35.9 Å². The maximum Gasteiger partial charge on any atom is 0.271 e. The lowest BCUT2D eigenvalue weighted by Crippen LogP contribution is -2.18. The summed E-state index contributed by atoms with van der Waals surface area (Å²) in [6, 6.07) is 5.68. The quantitative estimate of drug-likeness (QED) is 0.727. The Morgan fingerprint density at radius 1 is 1.50 bits per heavy atom. The minimum Gasteiger partial charge on any atom is -0.354 e. The predicted molar refractivity (Wildman–Crippen MR) is 53.3 cm³/mol. The van der Waals surface area contributed by atoms with Gasteiger partial charge in [-0.1, -0.05) is 6.07 Å². The van der Waals surface area contributed by atoms with Crippen LogP contribution in [0, 0.1) is 6.92 Å². The summed E-state index contributed by atoms with van der Waals surface area (Å²) >= 11 is 0. The first-order valence-electron chi connectivity index (χ1n) is 4.40. The first-order valence-corrected chi connectivity index (χ1v) is 4.40. The van der Waals surface area contributed by atoms with Gasteiger partial charge in [-0.3, -0.25) is 4.79 Å². The van der Waals surface area contributed by atoms with E-state index in [-0.39, 0.29) is 5.91 Å². The topological polar surface area (TPSA) is 46.4 Å². The third kappa shape index (κ3) is 1.16. The number of hydrogen-bond donors (Lipinski definition) is 1. The number of nitrogens with zero attached hydrogens (tertiary/aromatic N) is 2. The van der Waals surface area contributed by atoms with Crippen molar-refractivity contribution in [3.63, 3.8) is 0 Å². The zero-order chi connectivity index (χ0) is 10.1. The number of amides is 1. The summed E-state index contributed by atoms with van der Waals surface area (Å²) < 4.78 is 1.89. The van der Waals surface area contributed by atoms with Gasteiger partial charge in [0.25, 0.3) is 5.91 Å². The summed E-state index contributed by atoms with van der Waals surface area (Å²) in [4.78, 5) is 15.7. The Bertz CT molecular complexity index is 487. The van der Waals surface area contributed by atoms with Crippen molar-refractivity contribution < 1.29 is 4.79 Å². The van der Waals surface area contributed by atoms with Crippen LogP contribution in [0.1, 0.15) is 16.3 Å². The molecule has 4 nitrogen and oxygen atoms in total. The molecule has 0 aliphatic rings. The Morgan fingerprint density at radius 2 is 2.29 bits per heavy atom. The number of aryl methyl sites for hydroxylation is 1. The highest BCUT2D eigenvalue weighted by Gasteiger charge is 2.13. The van der Waals surface area contributed by atoms with E-state index in [0.29, 0.717) is 5.69 Å². The molecule has 0 atom stereocenters. The molecule has 2 rings (SSSR count). The summed E-state index contributed by atoms with van der Waals surface area (Å²) in [6.07, 6.45) is 1.89. The first-order chi connectivity index (χ1) is 6.74. The third-order valence-electron chi connectivity index (χ3n) is 2.17. The van der Waals surface area contributed by atoms with Crippen LogP contribution >= 0.6 is 0 Å². The molecule has 0 aromatic carbocycles. The monoisotopic (exact) mass is 189 g/mol. The van der Waals surface area contributed by atoms with E-state index in [2.05, 4.69) is 10.3 Å². The molecule has 72 valence electrons. The van der Waals surface area contributed by atoms with E-state index in [1.165, 1.54) is 0 Å². The Kier molecular flexibility index (Phi) is 1.96. The fourth-order valence-electron chi connectivity index (χ4n) is 1.48. The van der Waals surface area contributed by atoms with Crippen LogP contribution in [0.3, 0.4) is 0 Å². The van der Waals surface area contributed by atoms with E-state index in [1.807, 2.05) is 35.7 Å². The molecule has 0 spiro atoms. The van der Waals surface area contributed by atoms with Crippen molar-refractivity contribution in [2.24, 2.45) is 0 Å². The van der Waals surface area contributed by atoms with Crippen molar-refractivity contribution in [2.75, 3.05) is 7.05 Å². The molecule has 0 fully saturated rings. The third-order valence-corrected chi connectivity index (χ3v) is 2.17. The molecule has 0 bridgehead atoms. The first kappa shape index (κ1) is 8.74. The molecule has 2 aromatic heterocycles. The average Bonchev–Trinajstić information content (AvgIpc) is 2.56. The molecule has 0 aliphatic heterocycles. The fourth-order valence-corrected chi connectivity index (χ4v) is 1.48. The summed E-state index contributed by atoms with van der Waals surface area (Å²) in [7, 11) is 1.60. The number of aromatic nitrogens is 2. The van der Waals surface area contributed by atoms with Gasteiger partial charge in [0.2, 0.25) is 0 Å². The van der Waals surface area contributed by atoms with Crippen LogP contribution in [0.15, 0.2) is 24.4 Å². The number of pyridine rings is 1. The molecule has 2 heterocycles. The van der Waals surface area contributed by atoms with Crippen LogP contribution in [-0.4, -0.2) is 22.3 Å². The summed E-state index contributed by atoms with van der Waals surface area (Å²) in [6.45, 7) is 1.87. The van der Waals surface area contributed by atoms with Gasteiger partial charge in [-0.25, -0.2) is 4.98 Å². The van der Waals surface area contributed by atoms with Crippen LogP contribution in [-0.2, 0) is 0 Å². The van der Waals surface area contributed by atoms with Gasteiger partial charge in [-0.15, -0.1) is 0 Å². The number of fused-ring (bicyclic) bond motifs is 1. The molecule has 1 amide bonds. The summed E-state index contributed by atoms with van der Waals surface area (Å²) in [5, 5.41) is 2.57. The second kappa shape index (κ2) is 3.14. The Labute approximate surface area is 81.6 Å². The normalized spacial score (nSPS) is 10.4. The highest BCUT2D eigenvalue weighted by molar-refractivity contribution is 5.98. The Morgan fingerprint density at radius 3 is 3.00 bits per heavy atom. The maximum atomic E-state index is 11.5. The summed E-state index contributed by atoms with van der Waals surface area (Å²) in [5.41, 5.74) is 1.31. The van der Waals surface area contributed by atoms with E-state index in [4.69, 9.17) is 0 Å². The van der Waals surface area contributed by atoms with Gasteiger partial charge in [-0.2, -0.15) is 0 Å². The fraction of sp³-hybridized carbons (Fsp3) is 0.200. The number of carbonyl (C=O) groups is 1. The van der Waals surface area contributed by atoms with Crippen LogP contribution in [0.5, 0.6) is 0 Å². The van der Waals surface area contributed by atoms with Crippen LogP contribution in [0.2, 0.25) is 0 Å². The molecule has 14 heavy (non-hydrogen) atoms. The number of imidazole rings is 1. The number of carbonyl (C=O) groups excluding carboxylic acids is 1. The van der Waals surface area contributed by atoms with Crippen molar-refractivity contribution in [2.45, 2.75) is 6.92 Å². The Hall–Kier alpha value is -1.84. The number of hydrogen-bond acceptors (Lipinski definition) is 2. The lowest BCUT2D eigenvalue weighted by molar-refractivity contribution is 0.0960. The predicted octanol–water partition coefficient (Wildman–Crippen LogP) is 1.00. The molecule has 0 unspecified atom stereocenters. The van der Waals surface area contributed by atoms with Crippen molar-refractivity contribution >= 4 is 11.4 Å². The van der Waals surface area contributed by atoms with Gasteiger partial charge in [-0.05, 0) is 19.1 Å². The van der Waals surface area contributed by atoms with Crippen molar-refractivity contribution in [1.82, 2.24) is 14.7 Å². The number of rotatable bonds is 1. The maximum absolute atomic E-state index is 11.5. The van der Waals surface area contributed by atoms with Gasteiger partial charge in [0.1, 0.15) is 5.82 Å². The minimum atomic E-state index is -0.151. The smallest absolute Gasteiger partial charge is 0.271 e. The van der Waals surface area contributed by atoms with Gasteiger partial charge in [0, 0.05) is 13.2 Å². The van der Waals surface area contributed by atoms with Crippen LogP contribution in [0.25, 0.3) is 5.52 Å². The SMILES string of the molecule is CNC(=O)c1nc(C)n2ccccc12. The zero-order valence-corrected chi connectivity index (χ0v) is 8.11. The van der Waals surface area contributed by atoms with Crippen molar-refractivity contribution in [3.8, 4) is 0 Å². The largest absolute Gasteiger partial charge is 0.354 e. The standard InChI is InChI=1S/C10H11N3O/c1-7-12-9(10(14)11-2)8-5-3-4-6-13(7)8/h3-6H,1-2H3,(H,11,14).